The zero-order valence-corrected chi connectivity index (χ0v) is 16.9. The van der Waals surface area contributed by atoms with Gasteiger partial charge in [-0.3, -0.25) is 9.59 Å². The fraction of sp³-hybridized carbons (Fsp3) is 0.318. The van der Waals surface area contributed by atoms with Crippen molar-refractivity contribution < 1.29 is 19.5 Å². The van der Waals surface area contributed by atoms with Gasteiger partial charge in [0, 0.05) is 23.8 Å². The Morgan fingerprint density at radius 1 is 1.03 bits per heavy atom. The van der Waals surface area contributed by atoms with Crippen LogP contribution >= 0.6 is 0 Å². The third kappa shape index (κ3) is 7.29. The first kappa shape index (κ1) is 21.9. The van der Waals surface area contributed by atoms with E-state index in [-0.39, 0.29) is 18.6 Å². The van der Waals surface area contributed by atoms with Crippen LogP contribution in [-0.4, -0.2) is 35.6 Å². The van der Waals surface area contributed by atoms with E-state index in [0.717, 1.165) is 11.1 Å². The van der Waals surface area contributed by atoms with Gasteiger partial charge in [0.25, 0.3) is 5.91 Å². The Morgan fingerprint density at radius 3 is 2.41 bits per heavy atom. The van der Waals surface area contributed by atoms with Crippen molar-refractivity contribution in [2.45, 2.75) is 33.2 Å². The lowest BCUT2D eigenvalue weighted by molar-refractivity contribution is -0.141. The van der Waals surface area contributed by atoms with Gasteiger partial charge in [0.05, 0.1) is 5.92 Å². The van der Waals surface area contributed by atoms with E-state index in [1.54, 1.807) is 24.3 Å². The molecule has 1 atom stereocenters. The van der Waals surface area contributed by atoms with Crippen LogP contribution in [0.15, 0.2) is 48.5 Å². The largest absolute Gasteiger partial charge is 0.481 e. The molecule has 7 heteroatoms. The summed E-state index contributed by atoms with van der Waals surface area (Å²) >= 11 is 0. The second-order valence-electron chi connectivity index (χ2n) is 7.27. The summed E-state index contributed by atoms with van der Waals surface area (Å²) in [4.78, 5) is 35.9. The van der Waals surface area contributed by atoms with E-state index in [9.17, 15) is 19.5 Å². The van der Waals surface area contributed by atoms with Crippen LogP contribution < -0.4 is 16.0 Å². The molecule has 0 aliphatic carbocycles. The summed E-state index contributed by atoms with van der Waals surface area (Å²) in [6.45, 7) is 5.65. The lowest BCUT2D eigenvalue weighted by Gasteiger charge is -2.15. The van der Waals surface area contributed by atoms with Gasteiger partial charge >= 0.3 is 12.0 Å². The molecule has 1 unspecified atom stereocenters. The van der Waals surface area contributed by atoms with E-state index in [0.29, 0.717) is 17.7 Å². The fourth-order valence-electron chi connectivity index (χ4n) is 2.86. The van der Waals surface area contributed by atoms with Gasteiger partial charge < -0.3 is 21.1 Å². The Bertz CT molecular complexity index is 880. The lowest BCUT2D eigenvalue weighted by Crippen LogP contribution is -2.35. The summed E-state index contributed by atoms with van der Waals surface area (Å²) in [6, 6.07) is 13.8. The first-order valence-corrected chi connectivity index (χ1v) is 9.48. The van der Waals surface area contributed by atoms with Crippen molar-refractivity contribution in [1.82, 2.24) is 10.6 Å². The summed E-state index contributed by atoms with van der Waals surface area (Å²) in [5.74, 6) is -2.10. The molecule has 4 N–H and O–H groups in total. The lowest BCUT2D eigenvalue weighted by atomic mass is 9.98. The topological polar surface area (TPSA) is 108 Å². The Balaban J connectivity index is 1.98. The molecule has 154 valence electrons. The van der Waals surface area contributed by atoms with Crippen molar-refractivity contribution in [1.29, 1.82) is 0 Å². The average molecular weight is 397 g/mol. The number of benzene rings is 2. The molecule has 0 aliphatic rings. The zero-order chi connectivity index (χ0) is 21.4. The quantitative estimate of drug-likeness (QED) is 0.549. The molecule has 0 heterocycles. The number of carboxylic acids is 1. The van der Waals surface area contributed by atoms with E-state index in [1.807, 2.05) is 45.0 Å². The highest BCUT2D eigenvalue weighted by atomic mass is 16.4. The average Bonchev–Trinajstić information content (AvgIpc) is 2.64. The third-order valence-corrected chi connectivity index (χ3v) is 4.23. The molecule has 0 fully saturated rings. The first-order valence-electron chi connectivity index (χ1n) is 9.48. The van der Waals surface area contributed by atoms with Gasteiger partial charge in [-0.1, -0.05) is 35.9 Å². The highest BCUT2D eigenvalue weighted by molar-refractivity contribution is 5.97. The molecular weight excluding hydrogens is 370 g/mol. The normalized spacial score (nSPS) is 11.6. The molecule has 2 aromatic rings. The maximum atomic E-state index is 12.5. The predicted molar refractivity (Wildman–Crippen MR) is 112 cm³/mol. The van der Waals surface area contributed by atoms with Crippen LogP contribution in [0.1, 0.15) is 35.3 Å². The van der Waals surface area contributed by atoms with Gasteiger partial charge in [0.1, 0.15) is 0 Å². The minimum atomic E-state index is -0.965. The van der Waals surface area contributed by atoms with Crippen molar-refractivity contribution in [3.05, 3.63) is 65.2 Å². The minimum absolute atomic E-state index is 0.00754. The van der Waals surface area contributed by atoms with Crippen LogP contribution in [0.4, 0.5) is 10.5 Å². The molecule has 0 radical (unpaired) electrons. The number of aliphatic carboxylic acids is 1. The number of carbonyl (C=O) groups excluding carboxylic acids is 2. The van der Waals surface area contributed by atoms with Crippen LogP contribution in [0.25, 0.3) is 0 Å². The van der Waals surface area contributed by atoms with Crippen LogP contribution in [0.5, 0.6) is 0 Å². The molecule has 3 amide bonds. The zero-order valence-electron chi connectivity index (χ0n) is 16.9. The number of aryl methyl sites for hydroxylation is 1. The summed E-state index contributed by atoms with van der Waals surface area (Å²) in [5, 5.41) is 17.5. The van der Waals surface area contributed by atoms with Gasteiger partial charge in [0.15, 0.2) is 0 Å². The van der Waals surface area contributed by atoms with Crippen molar-refractivity contribution in [3.8, 4) is 0 Å². The second kappa shape index (κ2) is 10.3. The van der Waals surface area contributed by atoms with Crippen molar-refractivity contribution in [2.75, 3.05) is 11.9 Å². The van der Waals surface area contributed by atoms with Gasteiger partial charge in [-0.05, 0) is 51.0 Å². The Hall–Kier alpha value is -3.35. The smallest absolute Gasteiger partial charge is 0.319 e. The van der Waals surface area contributed by atoms with Crippen molar-refractivity contribution >= 4 is 23.6 Å². The van der Waals surface area contributed by atoms with Crippen LogP contribution in [-0.2, 0) is 11.2 Å². The Labute approximate surface area is 170 Å². The SMILES string of the molecule is Cc1cccc(CC(CNC(=O)c2cccc(NC(=O)NC(C)C)c2)C(=O)O)c1. The van der Waals surface area contributed by atoms with E-state index < -0.39 is 17.8 Å². The van der Waals surface area contributed by atoms with E-state index in [2.05, 4.69) is 16.0 Å². The second-order valence-corrected chi connectivity index (χ2v) is 7.27. The van der Waals surface area contributed by atoms with Crippen molar-refractivity contribution in [2.24, 2.45) is 5.92 Å². The molecular formula is C22H27N3O4. The Kier molecular flexibility index (Phi) is 7.77. The summed E-state index contributed by atoms with van der Waals surface area (Å²) in [7, 11) is 0. The molecule has 2 aromatic carbocycles. The number of urea groups is 1. The Morgan fingerprint density at radius 2 is 1.76 bits per heavy atom. The van der Waals surface area contributed by atoms with Crippen LogP contribution in [0.3, 0.4) is 0 Å². The molecule has 0 saturated heterocycles. The molecule has 0 bridgehead atoms. The number of amides is 3. The molecule has 0 saturated carbocycles. The number of anilines is 1. The number of carbonyl (C=O) groups is 3. The van der Waals surface area contributed by atoms with Crippen LogP contribution in [0, 0.1) is 12.8 Å². The maximum absolute atomic E-state index is 12.5. The number of carboxylic acid groups (broad SMARTS) is 1. The predicted octanol–water partition coefficient (Wildman–Crippen LogP) is 3.20. The molecule has 29 heavy (non-hydrogen) atoms. The first-order chi connectivity index (χ1) is 13.7. The van der Waals surface area contributed by atoms with Gasteiger partial charge in [0.2, 0.25) is 0 Å². The summed E-state index contributed by atoms with van der Waals surface area (Å²) in [5.41, 5.74) is 2.79. The van der Waals surface area contributed by atoms with Gasteiger partial charge in [-0.2, -0.15) is 0 Å². The monoisotopic (exact) mass is 397 g/mol. The number of rotatable bonds is 8. The fourth-order valence-corrected chi connectivity index (χ4v) is 2.86. The summed E-state index contributed by atoms with van der Waals surface area (Å²) in [6.07, 6.45) is 0.328. The van der Waals surface area contributed by atoms with Gasteiger partial charge in [-0.25, -0.2) is 4.79 Å². The van der Waals surface area contributed by atoms with Crippen molar-refractivity contribution in [3.63, 3.8) is 0 Å². The van der Waals surface area contributed by atoms with Gasteiger partial charge in [-0.15, -0.1) is 0 Å². The molecule has 7 nitrogen and oxygen atoms in total. The van der Waals surface area contributed by atoms with E-state index in [4.69, 9.17) is 0 Å². The molecule has 0 spiro atoms. The van der Waals surface area contributed by atoms with E-state index in [1.165, 1.54) is 0 Å². The van der Waals surface area contributed by atoms with E-state index >= 15 is 0 Å². The standard InChI is InChI=1S/C22H27N3O4/c1-14(2)24-22(29)25-19-9-5-8-17(12-19)20(26)23-13-18(21(27)28)11-16-7-4-6-15(3)10-16/h4-10,12,14,18H,11,13H2,1-3H3,(H,23,26)(H,27,28)(H2,24,25,29). The maximum Gasteiger partial charge on any atom is 0.319 e. The third-order valence-electron chi connectivity index (χ3n) is 4.23. The minimum Gasteiger partial charge on any atom is -0.481 e. The van der Waals surface area contributed by atoms with Crippen LogP contribution in [0.2, 0.25) is 0 Å². The number of hydrogen-bond acceptors (Lipinski definition) is 3. The highest BCUT2D eigenvalue weighted by Crippen LogP contribution is 2.13. The molecule has 2 rings (SSSR count). The number of nitrogens with one attached hydrogen (secondary N) is 3. The molecule has 0 aromatic heterocycles. The highest BCUT2D eigenvalue weighted by Gasteiger charge is 2.19. The molecule has 0 aliphatic heterocycles. The number of hydrogen-bond donors (Lipinski definition) is 4. The summed E-state index contributed by atoms with van der Waals surface area (Å²) < 4.78 is 0.